The number of rotatable bonds is 1. The summed E-state index contributed by atoms with van der Waals surface area (Å²) in [4.78, 5) is 3.09. The number of hydrogen-bond acceptors (Lipinski definition) is 2. The molecule has 2 heterocycles. The van der Waals surface area contributed by atoms with Gasteiger partial charge in [-0.1, -0.05) is 61.7 Å². The summed E-state index contributed by atoms with van der Waals surface area (Å²) in [6.45, 7) is 0. The molecule has 0 N–H and O–H groups in total. The molecule has 7 rings (SSSR count). The van der Waals surface area contributed by atoms with Crippen LogP contribution in [0.15, 0.2) is 42.5 Å². The summed E-state index contributed by atoms with van der Waals surface area (Å²) in [6, 6.07) is 18.4. The summed E-state index contributed by atoms with van der Waals surface area (Å²) < 4.78 is 6.80. The van der Waals surface area contributed by atoms with E-state index in [1.54, 1.807) is 5.56 Å². The summed E-state index contributed by atoms with van der Waals surface area (Å²) in [7, 11) is 0. The van der Waals surface area contributed by atoms with Gasteiger partial charge in [-0.15, -0.1) is 0 Å². The molecular formula is C28H35NO. The van der Waals surface area contributed by atoms with Gasteiger partial charge in [0.1, 0.15) is 0 Å². The van der Waals surface area contributed by atoms with Gasteiger partial charge in [0.05, 0.1) is 12.2 Å². The normalized spacial score (nSPS) is 43.1. The van der Waals surface area contributed by atoms with Crippen LogP contribution >= 0.6 is 0 Å². The molecule has 0 bridgehead atoms. The van der Waals surface area contributed by atoms with Crippen LogP contribution in [0.4, 0.5) is 0 Å². The van der Waals surface area contributed by atoms with Gasteiger partial charge in [0.15, 0.2) is 0 Å². The summed E-state index contributed by atoms with van der Waals surface area (Å²) in [6.07, 6.45) is 14.9. The lowest BCUT2D eigenvalue weighted by Crippen LogP contribution is -2.63. The van der Waals surface area contributed by atoms with Crippen LogP contribution in [0.1, 0.15) is 75.7 Å². The maximum Gasteiger partial charge on any atom is 0.0737 e. The molecule has 2 nitrogen and oxygen atoms in total. The largest absolute Gasteiger partial charge is 0.372 e. The van der Waals surface area contributed by atoms with Crippen molar-refractivity contribution in [3.05, 3.63) is 48.0 Å². The Morgan fingerprint density at radius 1 is 0.700 bits per heavy atom. The molecule has 5 aliphatic rings. The van der Waals surface area contributed by atoms with Crippen LogP contribution in [-0.4, -0.2) is 35.2 Å². The predicted octanol–water partition coefficient (Wildman–Crippen LogP) is 6.29. The maximum absolute atomic E-state index is 6.80. The van der Waals surface area contributed by atoms with Crippen molar-refractivity contribution in [2.45, 2.75) is 100 Å². The van der Waals surface area contributed by atoms with Gasteiger partial charge < -0.3 is 4.74 Å². The first kappa shape index (κ1) is 18.2. The van der Waals surface area contributed by atoms with Crippen molar-refractivity contribution >= 4 is 10.8 Å². The van der Waals surface area contributed by atoms with Crippen molar-refractivity contribution in [2.75, 3.05) is 0 Å². The summed E-state index contributed by atoms with van der Waals surface area (Å²) in [5.74, 6) is 2.54. The lowest BCUT2D eigenvalue weighted by Gasteiger charge is -2.53. The Hall–Kier alpha value is -1.38. The minimum Gasteiger partial charge on any atom is -0.372 e. The van der Waals surface area contributed by atoms with E-state index in [1.807, 2.05) is 0 Å². The number of benzene rings is 2. The fourth-order valence-corrected chi connectivity index (χ4v) is 8.47. The molecule has 2 heteroatoms. The van der Waals surface area contributed by atoms with Gasteiger partial charge in [-0.25, -0.2) is 0 Å². The van der Waals surface area contributed by atoms with Crippen molar-refractivity contribution < 1.29 is 4.74 Å². The molecule has 0 amide bonds. The molecule has 2 saturated heterocycles. The van der Waals surface area contributed by atoms with Crippen LogP contribution in [0.2, 0.25) is 0 Å². The highest BCUT2D eigenvalue weighted by molar-refractivity contribution is 5.83. The second-order valence-electron chi connectivity index (χ2n) is 10.9. The number of fused-ring (bicyclic) bond motifs is 6. The van der Waals surface area contributed by atoms with E-state index < -0.39 is 0 Å². The molecule has 2 aromatic rings. The first-order valence-electron chi connectivity index (χ1n) is 12.8. The minimum absolute atomic E-state index is 0.535. The third-order valence-corrected chi connectivity index (χ3v) is 9.63. The van der Waals surface area contributed by atoms with Crippen molar-refractivity contribution in [3.8, 4) is 0 Å². The van der Waals surface area contributed by atoms with Crippen LogP contribution in [-0.2, 0) is 4.74 Å². The monoisotopic (exact) mass is 401 g/mol. The zero-order valence-electron chi connectivity index (χ0n) is 18.1. The molecule has 2 aromatic carbocycles. The van der Waals surface area contributed by atoms with Crippen molar-refractivity contribution in [1.29, 1.82) is 0 Å². The zero-order chi connectivity index (χ0) is 19.7. The van der Waals surface area contributed by atoms with E-state index in [2.05, 4.69) is 47.4 Å². The third kappa shape index (κ3) is 2.69. The zero-order valence-corrected chi connectivity index (χ0v) is 18.1. The molecule has 3 aliphatic carbocycles. The highest BCUT2D eigenvalue weighted by atomic mass is 16.5. The van der Waals surface area contributed by atoms with E-state index >= 15 is 0 Å². The fraction of sp³-hybridized carbons (Fsp3) is 0.643. The van der Waals surface area contributed by atoms with Crippen LogP contribution < -0.4 is 0 Å². The van der Waals surface area contributed by atoms with E-state index in [9.17, 15) is 0 Å². The minimum atomic E-state index is 0.535. The molecule has 158 valence electrons. The Balaban J connectivity index is 1.20. The molecule has 5 fully saturated rings. The van der Waals surface area contributed by atoms with Crippen molar-refractivity contribution in [2.24, 2.45) is 11.8 Å². The standard InChI is InChI=1S/C28H35NO/c1-2-7-19-16-20(13-12-18(19)6-1)21-14-15-24-23(17-21)22-8-5-11-27-28(22)29(24)25-9-3-4-10-26(25)30-27/h1-2,6-7,12-13,16,21-28H,3-5,8-11,14-15,17H2. The molecule has 0 aromatic heterocycles. The Morgan fingerprint density at radius 2 is 1.57 bits per heavy atom. The van der Waals surface area contributed by atoms with E-state index in [0.29, 0.717) is 12.2 Å². The quantitative estimate of drug-likeness (QED) is 0.557. The van der Waals surface area contributed by atoms with E-state index in [0.717, 1.165) is 35.9 Å². The Morgan fingerprint density at radius 3 is 2.53 bits per heavy atom. The average Bonchev–Trinajstić information content (AvgIpc) is 3.14. The van der Waals surface area contributed by atoms with Crippen LogP contribution in [0.25, 0.3) is 10.8 Å². The lowest BCUT2D eigenvalue weighted by atomic mass is 9.68. The molecular weight excluding hydrogens is 366 g/mol. The molecule has 2 aliphatic heterocycles. The Labute approximate surface area is 181 Å². The van der Waals surface area contributed by atoms with Crippen molar-refractivity contribution in [3.63, 3.8) is 0 Å². The van der Waals surface area contributed by atoms with Gasteiger partial charge in [0.25, 0.3) is 0 Å². The van der Waals surface area contributed by atoms with Crippen LogP contribution in [0.3, 0.4) is 0 Å². The van der Waals surface area contributed by atoms with Gasteiger partial charge in [-0.05, 0) is 79.0 Å². The number of ether oxygens (including phenoxy) is 1. The van der Waals surface area contributed by atoms with Gasteiger partial charge in [-0.2, -0.15) is 0 Å². The average molecular weight is 402 g/mol. The van der Waals surface area contributed by atoms with Gasteiger partial charge in [0, 0.05) is 18.1 Å². The van der Waals surface area contributed by atoms with E-state index in [1.165, 1.54) is 75.0 Å². The topological polar surface area (TPSA) is 12.5 Å². The third-order valence-electron chi connectivity index (χ3n) is 9.63. The first-order chi connectivity index (χ1) is 14.9. The van der Waals surface area contributed by atoms with Crippen LogP contribution in [0.5, 0.6) is 0 Å². The smallest absolute Gasteiger partial charge is 0.0737 e. The highest BCUT2D eigenvalue weighted by Crippen LogP contribution is 2.56. The van der Waals surface area contributed by atoms with Crippen LogP contribution in [0, 0.1) is 11.8 Å². The molecule has 0 spiro atoms. The lowest BCUT2D eigenvalue weighted by molar-refractivity contribution is -0.177. The Kier molecular flexibility index (Phi) is 4.29. The number of morpholine rings is 1. The summed E-state index contributed by atoms with van der Waals surface area (Å²) >= 11 is 0. The first-order valence-corrected chi connectivity index (χ1v) is 12.8. The molecule has 3 saturated carbocycles. The molecule has 8 atom stereocenters. The fourth-order valence-electron chi connectivity index (χ4n) is 8.47. The summed E-state index contributed by atoms with van der Waals surface area (Å²) in [5, 5.41) is 2.79. The van der Waals surface area contributed by atoms with E-state index in [-0.39, 0.29) is 0 Å². The molecule has 30 heavy (non-hydrogen) atoms. The van der Waals surface area contributed by atoms with Gasteiger partial charge >= 0.3 is 0 Å². The van der Waals surface area contributed by atoms with Crippen molar-refractivity contribution in [1.82, 2.24) is 4.90 Å². The summed E-state index contributed by atoms with van der Waals surface area (Å²) in [5.41, 5.74) is 1.59. The number of nitrogens with zero attached hydrogens (tertiary/aromatic N) is 1. The molecule has 8 unspecified atom stereocenters. The van der Waals surface area contributed by atoms with Gasteiger partial charge in [-0.3, -0.25) is 4.90 Å². The highest BCUT2D eigenvalue weighted by Gasteiger charge is 2.59. The number of hydrogen-bond donors (Lipinski definition) is 0. The van der Waals surface area contributed by atoms with E-state index in [4.69, 9.17) is 4.74 Å². The second-order valence-corrected chi connectivity index (χ2v) is 10.9. The molecule has 0 radical (unpaired) electrons. The SMILES string of the molecule is c1ccc2cc(C3CCC4C(C3)C3CCCC5OC6CCCCC6N4C53)ccc2c1. The predicted molar refractivity (Wildman–Crippen MR) is 122 cm³/mol. The maximum atomic E-state index is 6.80. The van der Waals surface area contributed by atoms with Gasteiger partial charge in [0.2, 0.25) is 0 Å². The Bertz CT molecular complexity index is 939. The second kappa shape index (κ2) is 7.07.